The summed E-state index contributed by atoms with van der Waals surface area (Å²) in [5, 5.41) is 7.31. The molecule has 55 heavy (non-hydrogen) atoms. The van der Waals surface area contributed by atoms with E-state index < -0.39 is 0 Å². The van der Waals surface area contributed by atoms with E-state index >= 15 is 0 Å². The number of amides is 4. The van der Waals surface area contributed by atoms with E-state index in [1.807, 2.05) is 118 Å². The normalized spacial score (nSPS) is 23.9. The van der Waals surface area contributed by atoms with Gasteiger partial charge in [-0.05, 0) is 105 Å². The average molecular weight is 739 g/mol. The fraction of sp³-hybridized carbons (Fsp3) is 0.378. The van der Waals surface area contributed by atoms with Crippen molar-refractivity contribution in [2.75, 3.05) is 33.5 Å². The third kappa shape index (κ3) is 6.72. The van der Waals surface area contributed by atoms with Gasteiger partial charge in [-0.1, -0.05) is 50.2 Å². The van der Waals surface area contributed by atoms with Crippen molar-refractivity contribution < 1.29 is 19.2 Å². The van der Waals surface area contributed by atoms with Gasteiger partial charge in [-0.2, -0.15) is 0 Å². The first kappa shape index (κ1) is 36.3. The number of anilines is 4. The Labute approximate surface area is 323 Å². The Kier molecular flexibility index (Phi) is 9.84. The highest BCUT2D eigenvalue weighted by molar-refractivity contribution is 5.98. The van der Waals surface area contributed by atoms with Gasteiger partial charge >= 0.3 is 0 Å². The molecule has 284 valence electrons. The molecule has 2 fully saturated rings. The Morgan fingerprint density at radius 2 is 0.927 bits per heavy atom. The van der Waals surface area contributed by atoms with Gasteiger partial charge in [-0.15, -0.1) is 0 Å². The molecule has 4 amide bonds. The predicted molar refractivity (Wildman–Crippen MR) is 216 cm³/mol. The van der Waals surface area contributed by atoms with Crippen molar-refractivity contribution in [2.45, 2.75) is 96.1 Å². The van der Waals surface area contributed by atoms with Gasteiger partial charge in [0.15, 0.2) is 0 Å². The minimum absolute atomic E-state index is 0.00674. The van der Waals surface area contributed by atoms with Crippen LogP contribution in [0.25, 0.3) is 0 Å². The van der Waals surface area contributed by atoms with Gasteiger partial charge in [0.1, 0.15) is 0 Å². The number of fused-ring (bicyclic) bond motifs is 4. The van der Waals surface area contributed by atoms with Crippen LogP contribution in [0.4, 0.5) is 22.7 Å². The third-order valence-electron chi connectivity index (χ3n) is 12.0. The maximum absolute atomic E-state index is 13.7. The summed E-state index contributed by atoms with van der Waals surface area (Å²) in [4.78, 5) is 60.7. The van der Waals surface area contributed by atoms with Gasteiger partial charge in [0, 0.05) is 71.9 Å². The molecule has 0 saturated carbocycles. The summed E-state index contributed by atoms with van der Waals surface area (Å²) >= 11 is 0. The molecule has 2 N–H and O–H groups in total. The van der Waals surface area contributed by atoms with Gasteiger partial charge in [0.25, 0.3) is 11.8 Å². The number of benzene rings is 4. The molecule has 4 heterocycles. The van der Waals surface area contributed by atoms with Crippen LogP contribution in [0.2, 0.25) is 0 Å². The Morgan fingerprint density at radius 3 is 1.29 bits per heavy atom. The summed E-state index contributed by atoms with van der Waals surface area (Å²) in [6.45, 7) is 9.03. The SMILES string of the molecule is CCC(=O)N1c2ccccc2[C@H](Nc2ccc(C(=O)N3CC4CC3CN4C(=O)c3ccc(N[C@@H]4C[C@H](C)N(C(=O)CC)c5ccccc54)cc3)cc2)C[C@@H]1C. The Hall–Kier alpha value is -5.64. The van der Waals surface area contributed by atoms with Crippen LogP contribution in [0.5, 0.6) is 0 Å². The number of rotatable bonds is 8. The molecule has 10 nitrogen and oxygen atoms in total. The molecule has 4 aromatic carbocycles. The summed E-state index contributed by atoms with van der Waals surface area (Å²) < 4.78 is 0. The van der Waals surface area contributed by atoms with Crippen molar-refractivity contribution in [1.82, 2.24) is 9.80 Å². The molecule has 0 spiro atoms. The maximum Gasteiger partial charge on any atom is 0.254 e. The van der Waals surface area contributed by atoms with Crippen LogP contribution in [0.3, 0.4) is 0 Å². The van der Waals surface area contributed by atoms with E-state index in [4.69, 9.17) is 0 Å². The predicted octanol–water partition coefficient (Wildman–Crippen LogP) is 7.80. The molecular formula is C45H50N6O4. The molecule has 4 aromatic rings. The zero-order chi connectivity index (χ0) is 38.4. The van der Waals surface area contributed by atoms with E-state index in [9.17, 15) is 19.2 Å². The number of hydrogen-bond acceptors (Lipinski definition) is 6. The van der Waals surface area contributed by atoms with Gasteiger partial charge in [-0.25, -0.2) is 0 Å². The molecule has 0 radical (unpaired) electrons. The quantitative estimate of drug-likeness (QED) is 0.191. The number of piperazine rings is 1. The van der Waals surface area contributed by atoms with Crippen molar-refractivity contribution in [1.29, 1.82) is 0 Å². The van der Waals surface area contributed by atoms with Crippen LogP contribution in [0.1, 0.15) is 104 Å². The zero-order valence-electron chi connectivity index (χ0n) is 32.1. The van der Waals surface area contributed by atoms with E-state index in [-0.39, 0.29) is 59.9 Å². The molecular weight excluding hydrogens is 689 g/mol. The topological polar surface area (TPSA) is 105 Å². The van der Waals surface area contributed by atoms with Crippen LogP contribution in [-0.2, 0) is 9.59 Å². The Balaban J connectivity index is 0.876. The number of para-hydroxylation sites is 2. The fourth-order valence-corrected chi connectivity index (χ4v) is 9.32. The van der Waals surface area contributed by atoms with Crippen LogP contribution < -0.4 is 20.4 Å². The number of hydrogen-bond donors (Lipinski definition) is 2. The average Bonchev–Trinajstić information content (AvgIpc) is 3.83. The van der Waals surface area contributed by atoms with Crippen molar-refractivity contribution in [3.8, 4) is 0 Å². The molecule has 2 saturated heterocycles. The zero-order valence-corrected chi connectivity index (χ0v) is 32.1. The minimum Gasteiger partial charge on any atom is -0.378 e. The van der Waals surface area contributed by atoms with Crippen LogP contribution in [0, 0.1) is 0 Å². The first-order valence-electron chi connectivity index (χ1n) is 19.8. The summed E-state index contributed by atoms with van der Waals surface area (Å²) in [5.41, 5.74) is 7.23. The molecule has 10 heteroatoms. The third-order valence-corrected chi connectivity index (χ3v) is 12.0. The lowest BCUT2D eigenvalue weighted by Gasteiger charge is -2.40. The summed E-state index contributed by atoms with van der Waals surface area (Å²) in [7, 11) is 0. The highest BCUT2D eigenvalue weighted by atomic mass is 16.2. The highest BCUT2D eigenvalue weighted by Crippen LogP contribution is 2.41. The molecule has 4 aliphatic heterocycles. The van der Waals surface area contributed by atoms with Gasteiger partial charge < -0.3 is 30.2 Å². The van der Waals surface area contributed by atoms with Crippen LogP contribution >= 0.6 is 0 Å². The van der Waals surface area contributed by atoms with Gasteiger partial charge in [0.2, 0.25) is 11.8 Å². The van der Waals surface area contributed by atoms with Crippen molar-refractivity contribution in [3.63, 3.8) is 0 Å². The number of carbonyl (C=O) groups excluding carboxylic acids is 4. The molecule has 6 atom stereocenters. The van der Waals surface area contributed by atoms with Crippen molar-refractivity contribution in [3.05, 3.63) is 119 Å². The molecule has 2 unspecified atom stereocenters. The monoisotopic (exact) mass is 738 g/mol. The van der Waals surface area contributed by atoms with Crippen molar-refractivity contribution >= 4 is 46.4 Å². The lowest BCUT2D eigenvalue weighted by molar-refractivity contribution is -0.119. The van der Waals surface area contributed by atoms with Crippen LogP contribution in [-0.4, -0.2) is 70.7 Å². The van der Waals surface area contributed by atoms with E-state index in [0.717, 1.165) is 53.1 Å². The molecule has 8 rings (SSSR count). The minimum atomic E-state index is -0.0123. The highest BCUT2D eigenvalue weighted by Gasteiger charge is 2.47. The smallest absolute Gasteiger partial charge is 0.254 e. The molecule has 0 aromatic heterocycles. The second kappa shape index (κ2) is 14.9. The first-order valence-corrected chi connectivity index (χ1v) is 19.8. The lowest BCUT2D eigenvalue weighted by Crippen LogP contribution is -2.50. The summed E-state index contributed by atoms with van der Waals surface area (Å²) in [6.07, 6.45) is 3.28. The number of nitrogens with one attached hydrogen (secondary N) is 2. The number of carbonyl (C=O) groups is 4. The van der Waals surface area contributed by atoms with E-state index in [2.05, 4.69) is 36.6 Å². The fourth-order valence-electron chi connectivity index (χ4n) is 9.32. The lowest BCUT2D eigenvalue weighted by atomic mass is 9.91. The summed E-state index contributed by atoms with van der Waals surface area (Å²) in [6, 6.07) is 31.7. The van der Waals surface area contributed by atoms with Gasteiger partial charge in [-0.3, -0.25) is 19.2 Å². The summed E-state index contributed by atoms with van der Waals surface area (Å²) in [5.74, 6) is 0.243. The second-order valence-electron chi connectivity index (χ2n) is 15.5. The Morgan fingerprint density at radius 1 is 0.545 bits per heavy atom. The maximum atomic E-state index is 13.7. The van der Waals surface area contributed by atoms with Crippen molar-refractivity contribution in [2.24, 2.45) is 0 Å². The number of likely N-dealkylation sites (tertiary alicyclic amines) is 2. The van der Waals surface area contributed by atoms with E-state index in [1.54, 1.807) is 0 Å². The van der Waals surface area contributed by atoms with Crippen LogP contribution in [0.15, 0.2) is 97.1 Å². The second-order valence-corrected chi connectivity index (χ2v) is 15.5. The van der Waals surface area contributed by atoms with E-state index in [0.29, 0.717) is 37.1 Å². The van der Waals surface area contributed by atoms with E-state index in [1.165, 1.54) is 0 Å². The molecule has 4 aliphatic rings. The van der Waals surface area contributed by atoms with Gasteiger partial charge in [0.05, 0.1) is 24.2 Å². The molecule has 2 bridgehead atoms. The standard InChI is InChI=1S/C45H50N6O4/c1-5-42(52)50-28(3)23-38(36-11-7-9-13-40(36)50)46-32-19-15-30(16-20-32)44(54)48-26-35-25-34(48)27-49(35)45(55)31-17-21-33(22-18-31)47-39-24-29(4)51(43(53)6-2)41-14-10-8-12-37(39)41/h7-22,28-29,34-35,38-39,46-47H,5-6,23-27H2,1-4H3/t28-,29-,34?,35?,38+,39+/m0/s1. The Bertz CT molecular complexity index is 1950. The first-order chi connectivity index (χ1) is 26.6. The number of nitrogens with zero attached hydrogens (tertiary/aromatic N) is 4. The largest absolute Gasteiger partial charge is 0.378 e. The molecule has 0 aliphatic carbocycles.